The maximum atomic E-state index is 12.1. The van der Waals surface area contributed by atoms with Crippen LogP contribution in [0.2, 0.25) is 0 Å². The van der Waals surface area contributed by atoms with E-state index in [2.05, 4.69) is 37.6 Å². The molecule has 0 bridgehead atoms. The summed E-state index contributed by atoms with van der Waals surface area (Å²) in [4.78, 5) is 28.0. The van der Waals surface area contributed by atoms with E-state index in [0.717, 1.165) is 66.9 Å². The van der Waals surface area contributed by atoms with Crippen molar-refractivity contribution in [3.05, 3.63) is 72.1 Å². The molecule has 5 rings (SSSR count). The average Bonchev–Trinajstić information content (AvgIpc) is 3.40. The highest BCUT2D eigenvalue weighted by Crippen LogP contribution is 2.26. The standard InChI is InChI=1S/C30H36N6O3S/c37-29(38)25(35-30-34-24-10-1-2-11-26(24)40-30)15-19-36(20-21-39-27-12-3-5-16-31-27)18-6-4-9-23-14-13-22-8-7-17-32-28(22)33-23/h1-3,5,10-14,16,25H,4,6-9,15,17-21H2,(H,32,33)(H,34,35)(H,37,38). The molecule has 0 radical (unpaired) electrons. The van der Waals surface area contributed by atoms with Crippen molar-refractivity contribution in [2.24, 2.45) is 0 Å². The normalized spacial score (nSPS) is 13.5. The third-order valence-electron chi connectivity index (χ3n) is 7.03. The first-order valence-corrected chi connectivity index (χ1v) is 14.8. The fraction of sp³-hybridized carbons (Fsp3) is 0.400. The SMILES string of the molecule is O=C(O)C(CCN(CCCCc1ccc2c(n1)NCCC2)CCOc1ccccn1)Nc1nc2ccccc2s1. The number of hydrogen-bond donors (Lipinski definition) is 3. The Morgan fingerprint density at radius 1 is 1.07 bits per heavy atom. The van der Waals surface area contributed by atoms with Gasteiger partial charge in [0, 0.05) is 37.6 Å². The molecular formula is C30H36N6O3S. The fourth-order valence-corrected chi connectivity index (χ4v) is 5.77. The maximum absolute atomic E-state index is 12.1. The zero-order valence-corrected chi connectivity index (χ0v) is 23.4. The summed E-state index contributed by atoms with van der Waals surface area (Å²) in [6.45, 7) is 3.64. The zero-order chi connectivity index (χ0) is 27.6. The number of carboxylic acid groups (broad SMARTS) is 1. The van der Waals surface area contributed by atoms with Gasteiger partial charge in [-0.05, 0) is 74.9 Å². The largest absolute Gasteiger partial charge is 0.480 e. The summed E-state index contributed by atoms with van der Waals surface area (Å²) >= 11 is 1.48. The number of unbranched alkanes of at least 4 members (excludes halogenated alkanes) is 1. The van der Waals surface area contributed by atoms with Crippen molar-refractivity contribution in [1.82, 2.24) is 19.9 Å². The van der Waals surface area contributed by atoms with Gasteiger partial charge in [0.2, 0.25) is 5.88 Å². The van der Waals surface area contributed by atoms with Crippen LogP contribution in [-0.2, 0) is 17.6 Å². The van der Waals surface area contributed by atoms with Crippen LogP contribution in [0.25, 0.3) is 10.2 Å². The predicted octanol–water partition coefficient (Wildman–Crippen LogP) is 5.10. The second-order valence-electron chi connectivity index (χ2n) is 9.97. The van der Waals surface area contributed by atoms with Gasteiger partial charge in [-0.2, -0.15) is 0 Å². The summed E-state index contributed by atoms with van der Waals surface area (Å²) in [6, 6.07) is 17.0. The number of aromatic nitrogens is 3. The molecule has 0 spiro atoms. The second-order valence-corrected chi connectivity index (χ2v) is 11.0. The lowest BCUT2D eigenvalue weighted by Gasteiger charge is -2.24. The van der Waals surface area contributed by atoms with Gasteiger partial charge >= 0.3 is 5.97 Å². The van der Waals surface area contributed by atoms with Gasteiger partial charge in [-0.1, -0.05) is 35.6 Å². The molecule has 0 aliphatic carbocycles. The Kier molecular flexibility index (Phi) is 9.76. The van der Waals surface area contributed by atoms with E-state index in [0.29, 0.717) is 37.1 Å². The molecule has 4 aromatic rings. The minimum atomic E-state index is -0.879. The van der Waals surface area contributed by atoms with Crippen LogP contribution in [0, 0.1) is 0 Å². The number of nitrogens with zero attached hydrogens (tertiary/aromatic N) is 4. The molecule has 0 saturated carbocycles. The first-order valence-electron chi connectivity index (χ1n) is 14.0. The van der Waals surface area contributed by atoms with Gasteiger partial charge in [0.15, 0.2) is 5.13 Å². The zero-order valence-electron chi connectivity index (χ0n) is 22.6. The number of fused-ring (bicyclic) bond motifs is 2. The summed E-state index contributed by atoms with van der Waals surface area (Å²) in [6.07, 6.45) is 7.33. The van der Waals surface area contributed by atoms with Gasteiger partial charge in [-0.25, -0.2) is 19.7 Å². The van der Waals surface area contributed by atoms with E-state index in [4.69, 9.17) is 9.72 Å². The lowest BCUT2D eigenvalue weighted by atomic mass is 10.1. The number of carbonyl (C=O) groups is 1. The Morgan fingerprint density at radius 3 is 2.83 bits per heavy atom. The van der Waals surface area contributed by atoms with Crippen LogP contribution in [-0.4, -0.2) is 69.8 Å². The third-order valence-corrected chi connectivity index (χ3v) is 8.00. The number of thiazole rings is 1. The Hall–Kier alpha value is -3.76. The van der Waals surface area contributed by atoms with Gasteiger partial charge < -0.3 is 20.5 Å². The number of pyridine rings is 2. The van der Waals surface area contributed by atoms with Gasteiger partial charge in [0.25, 0.3) is 0 Å². The Balaban J connectivity index is 1.15. The van der Waals surface area contributed by atoms with E-state index >= 15 is 0 Å². The number of hydrogen-bond acceptors (Lipinski definition) is 9. The molecule has 10 heteroatoms. The molecule has 1 aliphatic heterocycles. The van der Waals surface area contributed by atoms with E-state index in [1.165, 1.54) is 16.9 Å². The summed E-state index contributed by atoms with van der Waals surface area (Å²) < 4.78 is 6.87. The van der Waals surface area contributed by atoms with Gasteiger partial charge in [0.05, 0.1) is 10.2 Å². The third kappa shape index (κ3) is 7.89. The second kappa shape index (κ2) is 14.0. The Labute approximate surface area is 238 Å². The van der Waals surface area contributed by atoms with E-state index in [-0.39, 0.29) is 0 Å². The number of ether oxygens (including phenoxy) is 1. The molecule has 3 aromatic heterocycles. The van der Waals surface area contributed by atoms with E-state index in [1.54, 1.807) is 6.20 Å². The maximum Gasteiger partial charge on any atom is 0.326 e. The summed E-state index contributed by atoms with van der Waals surface area (Å²) in [5, 5.41) is 17.1. The Morgan fingerprint density at radius 2 is 1.98 bits per heavy atom. The molecule has 3 N–H and O–H groups in total. The van der Waals surface area contributed by atoms with Crippen molar-refractivity contribution in [3.8, 4) is 5.88 Å². The Bertz CT molecular complexity index is 1350. The average molecular weight is 561 g/mol. The van der Waals surface area contributed by atoms with Crippen molar-refractivity contribution >= 4 is 38.5 Å². The number of benzene rings is 1. The van der Waals surface area contributed by atoms with Crippen LogP contribution in [0.3, 0.4) is 0 Å². The minimum Gasteiger partial charge on any atom is -0.480 e. The fourth-order valence-electron chi connectivity index (χ4n) is 4.85. The van der Waals surface area contributed by atoms with Crippen molar-refractivity contribution in [2.45, 2.75) is 44.6 Å². The summed E-state index contributed by atoms with van der Waals surface area (Å²) in [5.41, 5.74) is 3.29. The van der Waals surface area contributed by atoms with E-state index < -0.39 is 12.0 Å². The van der Waals surface area contributed by atoms with Crippen molar-refractivity contribution in [3.63, 3.8) is 0 Å². The van der Waals surface area contributed by atoms with Crippen molar-refractivity contribution < 1.29 is 14.6 Å². The minimum absolute atomic E-state index is 0.451. The molecule has 1 atom stereocenters. The van der Waals surface area contributed by atoms with Crippen LogP contribution in [0.5, 0.6) is 5.88 Å². The number of carboxylic acids is 1. The first-order chi connectivity index (χ1) is 19.6. The molecule has 0 saturated heterocycles. The van der Waals surface area contributed by atoms with Crippen LogP contribution >= 0.6 is 11.3 Å². The molecule has 4 heterocycles. The molecule has 210 valence electrons. The lowest BCUT2D eigenvalue weighted by Crippen LogP contribution is -2.37. The molecule has 1 aromatic carbocycles. The number of anilines is 2. The van der Waals surface area contributed by atoms with Gasteiger partial charge in [-0.15, -0.1) is 0 Å². The molecule has 0 fully saturated rings. The molecule has 9 nitrogen and oxygen atoms in total. The quantitative estimate of drug-likeness (QED) is 0.171. The smallest absolute Gasteiger partial charge is 0.326 e. The van der Waals surface area contributed by atoms with Crippen LogP contribution in [0.15, 0.2) is 60.8 Å². The summed E-state index contributed by atoms with van der Waals surface area (Å²) in [7, 11) is 0. The van der Waals surface area contributed by atoms with E-state index in [1.807, 2.05) is 42.5 Å². The molecule has 1 unspecified atom stereocenters. The highest BCUT2D eigenvalue weighted by molar-refractivity contribution is 7.22. The molecule has 1 aliphatic rings. The highest BCUT2D eigenvalue weighted by Gasteiger charge is 2.20. The number of para-hydroxylation sites is 1. The topological polar surface area (TPSA) is 112 Å². The van der Waals surface area contributed by atoms with E-state index in [9.17, 15) is 9.90 Å². The van der Waals surface area contributed by atoms with Crippen LogP contribution < -0.4 is 15.4 Å². The van der Waals surface area contributed by atoms with Crippen LogP contribution in [0.4, 0.5) is 10.9 Å². The van der Waals surface area contributed by atoms with Crippen molar-refractivity contribution in [1.29, 1.82) is 0 Å². The summed E-state index contributed by atoms with van der Waals surface area (Å²) in [5.74, 6) is 0.754. The van der Waals surface area contributed by atoms with Gasteiger partial charge in [0.1, 0.15) is 18.5 Å². The number of nitrogens with one attached hydrogen (secondary N) is 2. The molecule has 0 amide bonds. The number of rotatable bonds is 15. The first kappa shape index (κ1) is 27.8. The van der Waals surface area contributed by atoms with Crippen LogP contribution in [0.1, 0.15) is 36.9 Å². The molecule has 40 heavy (non-hydrogen) atoms. The predicted molar refractivity (Wildman–Crippen MR) is 159 cm³/mol. The van der Waals surface area contributed by atoms with Crippen molar-refractivity contribution in [2.75, 3.05) is 43.4 Å². The number of aryl methyl sites for hydroxylation is 2. The lowest BCUT2D eigenvalue weighted by molar-refractivity contribution is -0.138. The van der Waals surface area contributed by atoms with Gasteiger partial charge in [-0.3, -0.25) is 4.90 Å². The monoisotopic (exact) mass is 560 g/mol. The molecular weight excluding hydrogens is 524 g/mol. The number of aliphatic carboxylic acids is 1. The highest BCUT2D eigenvalue weighted by atomic mass is 32.1.